The van der Waals surface area contributed by atoms with Gasteiger partial charge in [0.05, 0.1) is 24.5 Å². The second kappa shape index (κ2) is 4.66. The van der Waals surface area contributed by atoms with Gasteiger partial charge in [0.15, 0.2) is 0 Å². The van der Waals surface area contributed by atoms with Gasteiger partial charge in [-0.2, -0.15) is 0 Å². The molecular formula is C15H17N5O. The van der Waals surface area contributed by atoms with Crippen molar-refractivity contribution in [3.05, 3.63) is 47.7 Å². The van der Waals surface area contributed by atoms with Crippen molar-refractivity contribution < 1.29 is 5.11 Å². The standard InChI is InChI=1S/C15H17N5O/c1-10(21)14-9-20(18-17-14)8-13-7-19-6-12(11-2-3-11)4-5-15(19)16-13/h4-7,9-11,21H,2-3,8H2,1H3. The molecule has 4 rings (SSSR count). The molecule has 1 unspecified atom stereocenters. The summed E-state index contributed by atoms with van der Waals surface area (Å²) < 4.78 is 3.78. The first-order valence-corrected chi connectivity index (χ1v) is 7.24. The minimum absolute atomic E-state index is 0.556. The Balaban J connectivity index is 1.60. The first-order chi connectivity index (χ1) is 10.2. The average Bonchev–Trinajstić information content (AvgIpc) is 3.07. The van der Waals surface area contributed by atoms with Gasteiger partial charge < -0.3 is 9.51 Å². The third kappa shape index (κ3) is 2.42. The molecule has 0 amide bonds. The van der Waals surface area contributed by atoms with Gasteiger partial charge in [-0.05, 0) is 37.3 Å². The van der Waals surface area contributed by atoms with Gasteiger partial charge in [0.1, 0.15) is 11.3 Å². The summed E-state index contributed by atoms with van der Waals surface area (Å²) in [7, 11) is 0. The summed E-state index contributed by atoms with van der Waals surface area (Å²) in [6, 6.07) is 4.24. The number of rotatable bonds is 4. The number of aliphatic hydroxyl groups excluding tert-OH is 1. The molecule has 0 bridgehead atoms. The molecular weight excluding hydrogens is 266 g/mol. The smallest absolute Gasteiger partial charge is 0.137 e. The largest absolute Gasteiger partial charge is 0.387 e. The summed E-state index contributed by atoms with van der Waals surface area (Å²) in [5.41, 5.74) is 3.86. The molecule has 6 nitrogen and oxygen atoms in total. The van der Waals surface area contributed by atoms with Crippen LogP contribution in [-0.4, -0.2) is 29.5 Å². The first kappa shape index (κ1) is 12.5. The fourth-order valence-electron chi connectivity index (χ4n) is 2.54. The van der Waals surface area contributed by atoms with Crippen LogP contribution in [0, 0.1) is 0 Å². The van der Waals surface area contributed by atoms with E-state index in [0.717, 1.165) is 17.3 Å². The average molecular weight is 283 g/mol. The third-order valence-corrected chi connectivity index (χ3v) is 3.88. The van der Waals surface area contributed by atoms with Crippen LogP contribution in [0.3, 0.4) is 0 Å². The maximum atomic E-state index is 9.47. The topological polar surface area (TPSA) is 68.2 Å². The molecule has 1 atom stereocenters. The van der Waals surface area contributed by atoms with Gasteiger partial charge in [0.25, 0.3) is 0 Å². The van der Waals surface area contributed by atoms with Crippen molar-refractivity contribution in [2.75, 3.05) is 0 Å². The van der Waals surface area contributed by atoms with E-state index in [1.807, 2.05) is 6.20 Å². The zero-order valence-electron chi connectivity index (χ0n) is 11.8. The van der Waals surface area contributed by atoms with Gasteiger partial charge >= 0.3 is 0 Å². The van der Waals surface area contributed by atoms with Crippen LogP contribution in [0.25, 0.3) is 5.65 Å². The van der Waals surface area contributed by atoms with Crippen molar-refractivity contribution in [1.29, 1.82) is 0 Å². The Bertz CT molecular complexity index is 784. The highest BCUT2D eigenvalue weighted by Crippen LogP contribution is 2.39. The molecule has 1 aliphatic carbocycles. The van der Waals surface area contributed by atoms with E-state index in [4.69, 9.17) is 0 Å². The van der Waals surface area contributed by atoms with E-state index in [-0.39, 0.29) is 0 Å². The van der Waals surface area contributed by atoms with Crippen LogP contribution in [0.1, 0.15) is 48.7 Å². The fraction of sp³-hybridized carbons (Fsp3) is 0.400. The van der Waals surface area contributed by atoms with Crippen LogP contribution in [0.5, 0.6) is 0 Å². The number of hydrogen-bond acceptors (Lipinski definition) is 4. The summed E-state index contributed by atoms with van der Waals surface area (Å²) in [4.78, 5) is 4.59. The highest BCUT2D eigenvalue weighted by atomic mass is 16.3. The first-order valence-electron chi connectivity index (χ1n) is 7.24. The van der Waals surface area contributed by atoms with Crippen molar-refractivity contribution in [2.24, 2.45) is 0 Å². The van der Waals surface area contributed by atoms with E-state index in [1.165, 1.54) is 18.4 Å². The second-order valence-corrected chi connectivity index (χ2v) is 5.75. The van der Waals surface area contributed by atoms with Crippen LogP contribution in [0.2, 0.25) is 0 Å². The summed E-state index contributed by atoms with van der Waals surface area (Å²) in [6.07, 6.45) is 7.96. The lowest BCUT2D eigenvalue weighted by atomic mass is 10.2. The van der Waals surface area contributed by atoms with E-state index in [0.29, 0.717) is 12.2 Å². The van der Waals surface area contributed by atoms with Crippen LogP contribution >= 0.6 is 0 Å². The normalized spacial score (nSPS) is 16.5. The zero-order valence-corrected chi connectivity index (χ0v) is 11.8. The Hall–Kier alpha value is -2.21. The quantitative estimate of drug-likeness (QED) is 0.794. The molecule has 0 aliphatic heterocycles. The maximum absolute atomic E-state index is 9.47. The molecule has 6 heteroatoms. The SMILES string of the molecule is CC(O)c1cn(Cc2cn3cc(C4CC4)ccc3n2)nn1. The van der Waals surface area contributed by atoms with E-state index in [9.17, 15) is 5.11 Å². The minimum atomic E-state index is -0.596. The highest BCUT2D eigenvalue weighted by molar-refractivity contribution is 5.42. The molecule has 3 heterocycles. The number of nitrogens with zero attached hydrogens (tertiary/aromatic N) is 5. The van der Waals surface area contributed by atoms with Gasteiger partial charge in [0, 0.05) is 12.4 Å². The molecule has 21 heavy (non-hydrogen) atoms. The Kier molecular flexibility index (Phi) is 2.78. The van der Waals surface area contributed by atoms with Gasteiger partial charge in [-0.1, -0.05) is 11.3 Å². The van der Waals surface area contributed by atoms with Crippen LogP contribution in [-0.2, 0) is 6.54 Å². The molecule has 0 spiro atoms. The lowest BCUT2D eigenvalue weighted by molar-refractivity contribution is 0.194. The van der Waals surface area contributed by atoms with Gasteiger partial charge in [-0.15, -0.1) is 5.10 Å². The Morgan fingerprint density at radius 1 is 1.29 bits per heavy atom. The van der Waals surface area contributed by atoms with E-state index in [2.05, 4.69) is 38.0 Å². The van der Waals surface area contributed by atoms with Gasteiger partial charge in [-0.3, -0.25) is 0 Å². The Morgan fingerprint density at radius 2 is 2.14 bits per heavy atom. The Labute approximate surface area is 122 Å². The zero-order chi connectivity index (χ0) is 14.4. The number of aromatic nitrogens is 5. The summed E-state index contributed by atoms with van der Waals surface area (Å²) >= 11 is 0. The van der Waals surface area contributed by atoms with E-state index < -0.39 is 6.10 Å². The van der Waals surface area contributed by atoms with Crippen molar-refractivity contribution in [3.8, 4) is 0 Å². The maximum Gasteiger partial charge on any atom is 0.137 e. The molecule has 3 aromatic rings. The fourth-order valence-corrected chi connectivity index (χ4v) is 2.54. The predicted octanol–water partition coefficient (Wildman–Crippen LogP) is 1.90. The van der Waals surface area contributed by atoms with Crippen molar-refractivity contribution in [2.45, 2.75) is 38.3 Å². The molecule has 1 fully saturated rings. The van der Waals surface area contributed by atoms with E-state index >= 15 is 0 Å². The highest BCUT2D eigenvalue weighted by Gasteiger charge is 2.23. The molecule has 1 saturated carbocycles. The number of imidazole rings is 1. The second-order valence-electron chi connectivity index (χ2n) is 5.75. The molecule has 108 valence electrons. The monoisotopic (exact) mass is 283 g/mol. The van der Waals surface area contributed by atoms with Crippen molar-refractivity contribution in [3.63, 3.8) is 0 Å². The Morgan fingerprint density at radius 3 is 2.86 bits per heavy atom. The summed E-state index contributed by atoms with van der Waals surface area (Å²) in [6.45, 7) is 2.23. The van der Waals surface area contributed by atoms with Gasteiger partial charge in [-0.25, -0.2) is 9.67 Å². The summed E-state index contributed by atoms with van der Waals surface area (Å²) in [5.74, 6) is 0.740. The van der Waals surface area contributed by atoms with Crippen LogP contribution in [0.15, 0.2) is 30.7 Å². The van der Waals surface area contributed by atoms with Crippen molar-refractivity contribution >= 4 is 5.65 Å². The molecule has 0 radical (unpaired) electrons. The van der Waals surface area contributed by atoms with E-state index in [1.54, 1.807) is 17.8 Å². The van der Waals surface area contributed by atoms with Crippen LogP contribution < -0.4 is 0 Å². The number of aliphatic hydroxyl groups is 1. The molecule has 0 saturated heterocycles. The lowest BCUT2D eigenvalue weighted by Crippen LogP contribution is -2.00. The molecule has 1 aliphatic rings. The molecule has 3 aromatic heterocycles. The number of hydrogen-bond donors (Lipinski definition) is 1. The number of pyridine rings is 1. The van der Waals surface area contributed by atoms with Crippen molar-refractivity contribution in [1.82, 2.24) is 24.4 Å². The molecule has 1 N–H and O–H groups in total. The predicted molar refractivity (Wildman–Crippen MR) is 76.9 cm³/mol. The molecule has 0 aromatic carbocycles. The minimum Gasteiger partial charge on any atom is -0.387 e. The summed E-state index contributed by atoms with van der Waals surface area (Å²) in [5, 5.41) is 17.4. The lowest BCUT2D eigenvalue weighted by Gasteiger charge is -1.98. The third-order valence-electron chi connectivity index (χ3n) is 3.88. The number of fused-ring (bicyclic) bond motifs is 1. The van der Waals surface area contributed by atoms with Crippen LogP contribution in [0.4, 0.5) is 0 Å². The van der Waals surface area contributed by atoms with Gasteiger partial charge in [0.2, 0.25) is 0 Å².